The monoisotopic (exact) mass is 370 g/mol. The van der Waals surface area contributed by atoms with Crippen LogP contribution < -0.4 is 4.90 Å². The smallest absolute Gasteiger partial charge is 0.136 e. The second-order valence-corrected chi connectivity index (χ2v) is 7.68. The highest BCUT2D eigenvalue weighted by molar-refractivity contribution is 5.51. The van der Waals surface area contributed by atoms with Gasteiger partial charge in [-0.1, -0.05) is 26.0 Å². The minimum atomic E-state index is -0.177. The highest BCUT2D eigenvalue weighted by Gasteiger charge is 2.26. The molecule has 1 fully saturated rings. The molecule has 0 bridgehead atoms. The van der Waals surface area contributed by atoms with Crippen LogP contribution in [0.15, 0.2) is 24.3 Å². The van der Waals surface area contributed by atoms with Crippen LogP contribution in [0.5, 0.6) is 0 Å². The maximum Gasteiger partial charge on any atom is 0.136 e. The number of nitrogens with zero attached hydrogens (tertiary/aromatic N) is 4. The number of benzene rings is 1. The van der Waals surface area contributed by atoms with E-state index in [1.807, 2.05) is 6.07 Å². The largest absolute Gasteiger partial charge is 0.378 e. The average molecular weight is 370 g/mol. The number of ether oxygens (including phenoxy) is 1. The zero-order valence-electron chi connectivity index (χ0n) is 16.1. The Bertz CT molecular complexity index is 805. The normalized spacial score (nSPS) is 18.0. The van der Waals surface area contributed by atoms with Gasteiger partial charge < -0.3 is 9.64 Å². The van der Waals surface area contributed by atoms with E-state index in [1.165, 1.54) is 11.6 Å². The van der Waals surface area contributed by atoms with Gasteiger partial charge in [-0.3, -0.25) is 4.90 Å². The summed E-state index contributed by atoms with van der Waals surface area (Å²) in [6.07, 6.45) is 0.926. The molecule has 1 aromatic heterocycles. The third kappa shape index (κ3) is 4.12. The van der Waals surface area contributed by atoms with Gasteiger partial charge in [0.1, 0.15) is 17.5 Å². The number of hydrogen-bond acceptors (Lipinski definition) is 5. The molecule has 5 nitrogen and oxygen atoms in total. The number of morpholine rings is 1. The van der Waals surface area contributed by atoms with Crippen LogP contribution in [-0.2, 0) is 24.2 Å². The van der Waals surface area contributed by atoms with Gasteiger partial charge in [-0.15, -0.1) is 0 Å². The van der Waals surface area contributed by atoms with Crippen LogP contribution in [0.2, 0.25) is 0 Å². The van der Waals surface area contributed by atoms with Gasteiger partial charge in [0, 0.05) is 44.2 Å². The molecule has 0 amide bonds. The van der Waals surface area contributed by atoms with Crippen LogP contribution >= 0.6 is 0 Å². The summed E-state index contributed by atoms with van der Waals surface area (Å²) in [5.41, 5.74) is 3.40. The molecule has 3 heterocycles. The third-order valence-corrected chi connectivity index (χ3v) is 5.26. The Hall–Kier alpha value is -2.05. The fraction of sp³-hybridized carbons (Fsp3) is 0.524. The van der Waals surface area contributed by atoms with Crippen LogP contribution in [0.3, 0.4) is 0 Å². The number of anilines is 1. The number of rotatable bonds is 4. The Morgan fingerprint density at radius 3 is 2.70 bits per heavy atom. The summed E-state index contributed by atoms with van der Waals surface area (Å²) in [4.78, 5) is 14.5. The predicted octanol–water partition coefficient (Wildman–Crippen LogP) is 3.13. The molecule has 0 radical (unpaired) electrons. The molecule has 0 atom stereocenters. The molecule has 0 N–H and O–H groups in total. The fourth-order valence-electron chi connectivity index (χ4n) is 3.81. The van der Waals surface area contributed by atoms with Crippen molar-refractivity contribution in [3.63, 3.8) is 0 Å². The topological polar surface area (TPSA) is 41.5 Å². The van der Waals surface area contributed by atoms with E-state index in [-0.39, 0.29) is 11.7 Å². The highest BCUT2D eigenvalue weighted by atomic mass is 19.1. The van der Waals surface area contributed by atoms with Crippen LogP contribution in [-0.4, -0.2) is 47.7 Å². The van der Waals surface area contributed by atoms with E-state index in [4.69, 9.17) is 14.7 Å². The van der Waals surface area contributed by atoms with Gasteiger partial charge >= 0.3 is 0 Å². The number of hydrogen-bond donors (Lipinski definition) is 0. The van der Waals surface area contributed by atoms with Crippen molar-refractivity contribution in [2.75, 3.05) is 37.7 Å². The van der Waals surface area contributed by atoms with Crippen molar-refractivity contribution in [1.82, 2.24) is 14.9 Å². The number of fused-ring (bicyclic) bond motifs is 1. The molecular weight excluding hydrogens is 343 g/mol. The first kappa shape index (κ1) is 18.3. The maximum absolute atomic E-state index is 13.5. The van der Waals surface area contributed by atoms with Crippen molar-refractivity contribution < 1.29 is 9.13 Å². The molecule has 27 heavy (non-hydrogen) atoms. The zero-order valence-corrected chi connectivity index (χ0v) is 16.1. The van der Waals surface area contributed by atoms with Gasteiger partial charge in [0.2, 0.25) is 0 Å². The molecule has 144 valence electrons. The van der Waals surface area contributed by atoms with Crippen molar-refractivity contribution in [2.45, 2.75) is 39.3 Å². The second-order valence-electron chi connectivity index (χ2n) is 7.68. The SMILES string of the molecule is CC(C)c1nc2c(c(N3CCOCC3)n1)CCN(Cc1cccc(F)c1)C2. The molecule has 2 aromatic rings. The molecule has 2 aliphatic heterocycles. The molecule has 1 aromatic carbocycles. The van der Waals surface area contributed by atoms with Crippen molar-refractivity contribution in [3.05, 3.63) is 52.7 Å². The van der Waals surface area contributed by atoms with E-state index in [0.29, 0.717) is 0 Å². The number of halogens is 1. The third-order valence-electron chi connectivity index (χ3n) is 5.26. The van der Waals surface area contributed by atoms with Crippen LogP contribution in [0.25, 0.3) is 0 Å². The fourth-order valence-corrected chi connectivity index (χ4v) is 3.81. The Kier molecular flexibility index (Phi) is 5.36. The van der Waals surface area contributed by atoms with E-state index >= 15 is 0 Å². The summed E-state index contributed by atoms with van der Waals surface area (Å²) in [6, 6.07) is 6.87. The number of aromatic nitrogens is 2. The van der Waals surface area contributed by atoms with Crippen molar-refractivity contribution in [3.8, 4) is 0 Å². The lowest BCUT2D eigenvalue weighted by Crippen LogP contribution is -2.39. The Morgan fingerprint density at radius 1 is 1.15 bits per heavy atom. The van der Waals surface area contributed by atoms with Crippen molar-refractivity contribution in [1.29, 1.82) is 0 Å². The summed E-state index contributed by atoms with van der Waals surface area (Å²) in [6.45, 7) is 10.0. The zero-order chi connectivity index (χ0) is 18.8. The molecule has 1 saturated heterocycles. The predicted molar refractivity (Wildman–Crippen MR) is 103 cm³/mol. The maximum atomic E-state index is 13.5. The lowest BCUT2D eigenvalue weighted by molar-refractivity contribution is 0.122. The lowest BCUT2D eigenvalue weighted by atomic mass is 10.0. The molecule has 0 saturated carbocycles. The summed E-state index contributed by atoms with van der Waals surface area (Å²) < 4.78 is 19.0. The van der Waals surface area contributed by atoms with Crippen LogP contribution in [0, 0.1) is 5.82 Å². The Labute approximate surface area is 160 Å². The summed E-state index contributed by atoms with van der Waals surface area (Å²) in [5.74, 6) is 2.11. The van der Waals surface area contributed by atoms with Crippen molar-refractivity contribution in [2.24, 2.45) is 0 Å². The highest BCUT2D eigenvalue weighted by Crippen LogP contribution is 2.29. The first-order valence-electron chi connectivity index (χ1n) is 9.79. The molecule has 2 aliphatic rings. The van der Waals surface area contributed by atoms with Crippen LogP contribution in [0.1, 0.15) is 42.4 Å². The van der Waals surface area contributed by atoms with E-state index in [0.717, 1.165) is 75.3 Å². The summed E-state index contributed by atoms with van der Waals surface area (Å²) >= 11 is 0. The van der Waals surface area contributed by atoms with Gasteiger partial charge in [0.05, 0.1) is 18.9 Å². The van der Waals surface area contributed by atoms with Gasteiger partial charge in [-0.2, -0.15) is 0 Å². The van der Waals surface area contributed by atoms with Crippen molar-refractivity contribution >= 4 is 5.82 Å². The van der Waals surface area contributed by atoms with Crippen LogP contribution in [0.4, 0.5) is 10.2 Å². The van der Waals surface area contributed by atoms with Gasteiger partial charge in [-0.25, -0.2) is 14.4 Å². The molecular formula is C21H27FN4O. The minimum absolute atomic E-state index is 0.177. The minimum Gasteiger partial charge on any atom is -0.378 e. The molecule has 4 rings (SSSR count). The quantitative estimate of drug-likeness (QED) is 0.827. The van der Waals surface area contributed by atoms with Gasteiger partial charge in [0.25, 0.3) is 0 Å². The first-order valence-corrected chi connectivity index (χ1v) is 9.79. The molecule has 0 spiro atoms. The lowest BCUT2D eigenvalue weighted by Gasteiger charge is -2.34. The van der Waals surface area contributed by atoms with E-state index in [2.05, 4.69) is 23.6 Å². The molecule has 0 aliphatic carbocycles. The van der Waals surface area contributed by atoms with E-state index in [1.54, 1.807) is 12.1 Å². The average Bonchev–Trinajstić information content (AvgIpc) is 2.67. The molecule has 6 heteroatoms. The van der Waals surface area contributed by atoms with E-state index < -0.39 is 0 Å². The standard InChI is InChI=1S/C21H27FN4O/c1-15(2)20-23-19-14-25(13-16-4-3-5-17(22)12-16)7-6-18(19)21(24-20)26-8-10-27-11-9-26/h3-5,12,15H,6-11,13-14H2,1-2H3. The Balaban J connectivity index is 1.60. The summed E-state index contributed by atoms with van der Waals surface area (Å²) in [7, 11) is 0. The Morgan fingerprint density at radius 2 is 1.96 bits per heavy atom. The van der Waals surface area contributed by atoms with Gasteiger partial charge in [0.15, 0.2) is 0 Å². The molecule has 0 unspecified atom stereocenters. The van der Waals surface area contributed by atoms with Gasteiger partial charge in [-0.05, 0) is 24.1 Å². The van der Waals surface area contributed by atoms with E-state index in [9.17, 15) is 4.39 Å². The first-order chi connectivity index (χ1) is 13.1. The summed E-state index contributed by atoms with van der Waals surface area (Å²) in [5, 5.41) is 0. The second kappa shape index (κ2) is 7.90.